The van der Waals surface area contributed by atoms with Crippen LogP contribution in [-0.2, 0) is 4.74 Å². The Labute approximate surface area is 93.1 Å². The Hall–Kier alpha value is -2.22. The molecule has 2 rings (SSSR count). The van der Waals surface area contributed by atoms with Crippen LogP contribution in [0.2, 0.25) is 0 Å². The standard InChI is InChI=1S/C11H10N4O/c1-2-16-10-11(8-12,13-10)15-14-9-6-4-3-5-7-9/h3-7H,2H2,1H3. The van der Waals surface area contributed by atoms with Crippen LogP contribution in [-0.4, -0.2) is 18.2 Å². The highest BCUT2D eigenvalue weighted by atomic mass is 16.5. The van der Waals surface area contributed by atoms with Gasteiger partial charge in [-0.05, 0) is 19.1 Å². The molecule has 0 bridgehead atoms. The summed E-state index contributed by atoms with van der Waals surface area (Å²) >= 11 is 0. The molecule has 0 N–H and O–H groups in total. The Morgan fingerprint density at radius 3 is 2.81 bits per heavy atom. The first-order valence-corrected chi connectivity index (χ1v) is 4.93. The third-order valence-electron chi connectivity index (χ3n) is 2.01. The van der Waals surface area contributed by atoms with E-state index in [9.17, 15) is 0 Å². The number of benzene rings is 1. The molecule has 0 spiro atoms. The SMILES string of the molecule is CCOC1=NC1(C#N)N=Nc1ccccc1. The Kier molecular flexibility index (Phi) is 2.64. The molecule has 80 valence electrons. The summed E-state index contributed by atoms with van der Waals surface area (Å²) in [5.74, 6) is 0.345. The molecule has 1 aliphatic heterocycles. The van der Waals surface area contributed by atoms with E-state index in [0.717, 1.165) is 0 Å². The van der Waals surface area contributed by atoms with Crippen molar-refractivity contribution in [1.29, 1.82) is 5.26 Å². The summed E-state index contributed by atoms with van der Waals surface area (Å²) in [6.45, 7) is 2.31. The molecule has 0 saturated heterocycles. The Morgan fingerprint density at radius 2 is 2.19 bits per heavy atom. The van der Waals surface area contributed by atoms with Crippen LogP contribution in [0.1, 0.15) is 6.92 Å². The van der Waals surface area contributed by atoms with Gasteiger partial charge in [-0.15, -0.1) is 5.11 Å². The van der Waals surface area contributed by atoms with Gasteiger partial charge in [-0.2, -0.15) is 15.4 Å². The quantitative estimate of drug-likeness (QED) is 0.725. The van der Waals surface area contributed by atoms with Gasteiger partial charge >= 0.3 is 5.66 Å². The van der Waals surface area contributed by atoms with Gasteiger partial charge in [0.25, 0.3) is 5.90 Å². The molecule has 1 aromatic rings. The third-order valence-corrected chi connectivity index (χ3v) is 2.01. The van der Waals surface area contributed by atoms with Gasteiger partial charge in [-0.25, -0.2) is 0 Å². The zero-order valence-corrected chi connectivity index (χ0v) is 8.79. The van der Waals surface area contributed by atoms with Crippen LogP contribution in [0.4, 0.5) is 5.69 Å². The second kappa shape index (κ2) is 4.11. The lowest BCUT2D eigenvalue weighted by atomic mass is 10.3. The Balaban J connectivity index is 2.06. The first kappa shape index (κ1) is 10.3. The molecule has 0 radical (unpaired) electrons. The van der Waals surface area contributed by atoms with Crippen molar-refractivity contribution in [1.82, 2.24) is 0 Å². The average molecular weight is 214 g/mol. The van der Waals surface area contributed by atoms with Crippen molar-refractivity contribution in [2.45, 2.75) is 12.6 Å². The number of ether oxygens (including phenoxy) is 1. The molecule has 1 aliphatic rings. The van der Waals surface area contributed by atoms with E-state index < -0.39 is 5.66 Å². The number of nitrogens with zero attached hydrogens (tertiary/aromatic N) is 4. The first-order valence-electron chi connectivity index (χ1n) is 4.93. The molecule has 16 heavy (non-hydrogen) atoms. The molecule has 0 saturated carbocycles. The number of aliphatic imine (C=N–C) groups is 1. The fourth-order valence-electron chi connectivity index (χ4n) is 1.17. The highest BCUT2D eigenvalue weighted by Gasteiger charge is 2.52. The third kappa shape index (κ3) is 1.91. The zero-order valence-electron chi connectivity index (χ0n) is 8.79. The summed E-state index contributed by atoms with van der Waals surface area (Å²) in [5, 5.41) is 16.8. The number of rotatable bonds is 3. The van der Waals surface area contributed by atoms with Crippen molar-refractivity contribution in [3.05, 3.63) is 30.3 Å². The second-order valence-corrected chi connectivity index (χ2v) is 3.17. The van der Waals surface area contributed by atoms with Crippen LogP contribution >= 0.6 is 0 Å². The molecule has 1 heterocycles. The molecule has 0 aliphatic carbocycles. The number of azo groups is 1. The molecule has 5 nitrogen and oxygen atoms in total. The molecule has 1 aromatic carbocycles. The zero-order chi connectivity index (χ0) is 11.4. The minimum Gasteiger partial charge on any atom is -0.477 e. The minimum absolute atomic E-state index is 0.345. The maximum atomic E-state index is 8.93. The van der Waals surface area contributed by atoms with Crippen molar-refractivity contribution in [2.75, 3.05) is 6.61 Å². The summed E-state index contributed by atoms with van der Waals surface area (Å²) in [6, 6.07) is 11.2. The Morgan fingerprint density at radius 1 is 1.44 bits per heavy atom. The van der Waals surface area contributed by atoms with Gasteiger partial charge in [-0.1, -0.05) is 18.2 Å². The summed E-state index contributed by atoms with van der Waals surface area (Å²) in [4.78, 5) is 3.88. The smallest absolute Gasteiger partial charge is 0.334 e. The van der Waals surface area contributed by atoms with Gasteiger partial charge in [0.05, 0.1) is 12.3 Å². The summed E-state index contributed by atoms with van der Waals surface area (Å²) in [7, 11) is 0. The average Bonchev–Trinajstić information content (AvgIpc) is 3.03. The number of hydrogen-bond acceptors (Lipinski definition) is 5. The molecule has 1 unspecified atom stereocenters. The molecular weight excluding hydrogens is 204 g/mol. The van der Waals surface area contributed by atoms with E-state index in [0.29, 0.717) is 18.2 Å². The lowest BCUT2D eigenvalue weighted by Crippen LogP contribution is -2.14. The summed E-state index contributed by atoms with van der Waals surface area (Å²) in [6.07, 6.45) is 0. The molecule has 5 heteroatoms. The van der Waals surface area contributed by atoms with Gasteiger partial charge in [-0.3, -0.25) is 0 Å². The summed E-state index contributed by atoms with van der Waals surface area (Å²) in [5.41, 5.74) is -0.513. The topological polar surface area (TPSA) is 70.1 Å². The van der Waals surface area contributed by atoms with E-state index in [2.05, 4.69) is 15.2 Å². The van der Waals surface area contributed by atoms with Crippen LogP contribution in [0, 0.1) is 11.3 Å². The normalized spacial score (nSPS) is 22.6. The van der Waals surface area contributed by atoms with Crippen LogP contribution in [0.3, 0.4) is 0 Å². The molecular formula is C11H10N4O. The lowest BCUT2D eigenvalue weighted by molar-refractivity contribution is 0.329. The van der Waals surface area contributed by atoms with Gasteiger partial charge < -0.3 is 4.74 Å². The monoisotopic (exact) mass is 214 g/mol. The number of hydrogen-bond donors (Lipinski definition) is 0. The van der Waals surface area contributed by atoms with Gasteiger partial charge in [0, 0.05) is 0 Å². The maximum Gasteiger partial charge on any atom is 0.334 e. The predicted molar refractivity (Wildman–Crippen MR) is 58.4 cm³/mol. The summed E-state index contributed by atoms with van der Waals surface area (Å²) < 4.78 is 5.12. The highest BCUT2D eigenvalue weighted by Crippen LogP contribution is 2.31. The van der Waals surface area contributed by atoms with Crippen LogP contribution in [0.5, 0.6) is 0 Å². The van der Waals surface area contributed by atoms with E-state index >= 15 is 0 Å². The van der Waals surface area contributed by atoms with Crippen molar-refractivity contribution < 1.29 is 4.74 Å². The lowest BCUT2D eigenvalue weighted by Gasteiger charge is -1.98. The Bertz CT molecular complexity index is 475. The molecule has 0 amide bonds. The van der Waals surface area contributed by atoms with Gasteiger partial charge in [0.1, 0.15) is 6.07 Å². The second-order valence-electron chi connectivity index (χ2n) is 3.17. The van der Waals surface area contributed by atoms with E-state index in [1.807, 2.05) is 31.2 Å². The molecule has 0 fully saturated rings. The van der Waals surface area contributed by atoms with Crippen LogP contribution in [0.25, 0.3) is 0 Å². The molecule has 1 atom stereocenters. The molecule has 0 aromatic heterocycles. The largest absolute Gasteiger partial charge is 0.477 e. The van der Waals surface area contributed by atoms with Gasteiger partial charge in [0.15, 0.2) is 0 Å². The fourth-order valence-corrected chi connectivity index (χ4v) is 1.17. The van der Waals surface area contributed by atoms with Crippen LogP contribution in [0.15, 0.2) is 45.6 Å². The van der Waals surface area contributed by atoms with E-state index in [1.54, 1.807) is 12.1 Å². The van der Waals surface area contributed by atoms with Crippen LogP contribution < -0.4 is 0 Å². The van der Waals surface area contributed by atoms with Gasteiger partial charge in [0.2, 0.25) is 0 Å². The number of nitriles is 1. The van der Waals surface area contributed by atoms with Crippen molar-refractivity contribution in [3.63, 3.8) is 0 Å². The van der Waals surface area contributed by atoms with Crippen molar-refractivity contribution in [2.24, 2.45) is 15.2 Å². The van der Waals surface area contributed by atoms with E-state index in [-0.39, 0.29) is 0 Å². The van der Waals surface area contributed by atoms with E-state index in [4.69, 9.17) is 10.00 Å². The highest BCUT2D eigenvalue weighted by molar-refractivity contribution is 6.01. The van der Waals surface area contributed by atoms with Crippen molar-refractivity contribution >= 4 is 11.6 Å². The fraction of sp³-hybridized carbons (Fsp3) is 0.273. The van der Waals surface area contributed by atoms with Crippen molar-refractivity contribution in [3.8, 4) is 6.07 Å². The maximum absolute atomic E-state index is 8.93. The predicted octanol–water partition coefficient (Wildman–Crippen LogP) is 2.44. The minimum atomic E-state index is -1.20. The van der Waals surface area contributed by atoms with E-state index in [1.165, 1.54) is 0 Å². The first-order chi connectivity index (χ1) is 7.80.